The molecule has 9 nitrogen and oxygen atoms in total. The van der Waals surface area contributed by atoms with Gasteiger partial charge >= 0.3 is 6.03 Å². The topological polar surface area (TPSA) is 105 Å². The van der Waals surface area contributed by atoms with Gasteiger partial charge in [0.05, 0.1) is 28.6 Å². The van der Waals surface area contributed by atoms with Crippen LogP contribution >= 0.6 is 0 Å². The summed E-state index contributed by atoms with van der Waals surface area (Å²) >= 11 is 0. The molecule has 0 fully saturated rings. The van der Waals surface area contributed by atoms with Crippen molar-refractivity contribution in [2.75, 3.05) is 50.9 Å². The molecule has 0 aliphatic rings. The number of hydrogen-bond donors (Lipinski definition) is 4. The number of H-pyrrole nitrogens is 2. The maximum Gasteiger partial charge on any atom is 0.321 e. The highest BCUT2D eigenvalue weighted by atomic mass is 19.1. The van der Waals surface area contributed by atoms with E-state index in [2.05, 4.69) is 30.8 Å². The Bertz CT molecular complexity index is 976. The van der Waals surface area contributed by atoms with Crippen LogP contribution in [0, 0.1) is 5.82 Å². The Hall–Kier alpha value is -3.14. The van der Waals surface area contributed by atoms with Gasteiger partial charge in [-0.1, -0.05) is 0 Å². The second kappa shape index (κ2) is 8.91. The fourth-order valence-corrected chi connectivity index (χ4v) is 2.96. The monoisotopic (exact) mass is 402 g/mol. The summed E-state index contributed by atoms with van der Waals surface area (Å²) in [7, 11) is 3.92. The first-order valence-corrected chi connectivity index (χ1v) is 9.60. The fourth-order valence-electron chi connectivity index (χ4n) is 2.96. The number of aromatic nitrogens is 4. The van der Waals surface area contributed by atoms with Gasteiger partial charge < -0.3 is 25.4 Å². The number of carbonyl (C=O) groups excluding carboxylic acids is 1. The molecule has 10 heteroatoms. The first kappa shape index (κ1) is 20.6. The Labute approximate surface area is 168 Å². The van der Waals surface area contributed by atoms with Crippen LogP contribution in [0.25, 0.3) is 22.6 Å². The van der Waals surface area contributed by atoms with E-state index in [0.29, 0.717) is 53.6 Å². The number of hydrogen-bond acceptors (Lipinski definition) is 5. The number of benzene rings is 1. The Kier molecular flexibility index (Phi) is 6.32. The van der Waals surface area contributed by atoms with Gasteiger partial charge in [0.1, 0.15) is 11.5 Å². The Morgan fingerprint density at radius 1 is 1.21 bits per heavy atom. The molecule has 4 N–H and O–H groups in total. The number of likely N-dealkylation sites (N-methyl/N-ethyl adjacent to an activating group) is 1. The first-order chi connectivity index (χ1) is 13.9. The molecular weight excluding hydrogens is 375 g/mol. The molecule has 3 rings (SSSR count). The number of urea groups is 1. The van der Waals surface area contributed by atoms with Gasteiger partial charge in [-0.2, -0.15) is 5.10 Å². The summed E-state index contributed by atoms with van der Waals surface area (Å²) in [5.41, 5.74) is 2.61. The zero-order valence-electron chi connectivity index (χ0n) is 17.1. The van der Waals surface area contributed by atoms with Gasteiger partial charge in [-0.3, -0.25) is 5.10 Å². The molecule has 0 saturated carbocycles. The predicted molar refractivity (Wildman–Crippen MR) is 113 cm³/mol. The molecule has 0 spiro atoms. The van der Waals surface area contributed by atoms with E-state index in [1.807, 2.05) is 32.8 Å². The summed E-state index contributed by atoms with van der Waals surface area (Å²) in [6.45, 7) is 6.43. The van der Waals surface area contributed by atoms with E-state index in [9.17, 15) is 9.18 Å². The van der Waals surface area contributed by atoms with E-state index >= 15 is 0 Å². The Morgan fingerprint density at radius 3 is 2.66 bits per heavy atom. The largest absolute Gasteiger partial charge is 0.381 e. The number of rotatable bonds is 8. The minimum Gasteiger partial charge on any atom is -0.381 e. The predicted octanol–water partition coefficient (Wildman–Crippen LogP) is 2.94. The molecule has 0 aliphatic heterocycles. The van der Waals surface area contributed by atoms with Gasteiger partial charge in [-0.25, -0.2) is 14.2 Å². The minimum absolute atomic E-state index is 0.216. The summed E-state index contributed by atoms with van der Waals surface area (Å²) in [6.07, 6.45) is 1.53. The van der Waals surface area contributed by atoms with Crippen molar-refractivity contribution in [3.63, 3.8) is 0 Å². The summed E-state index contributed by atoms with van der Waals surface area (Å²) in [5.74, 6) is 0.114. The van der Waals surface area contributed by atoms with Crippen molar-refractivity contribution in [3.05, 3.63) is 24.1 Å². The van der Waals surface area contributed by atoms with Crippen molar-refractivity contribution in [2.45, 2.75) is 13.8 Å². The van der Waals surface area contributed by atoms with E-state index in [1.54, 1.807) is 11.0 Å². The number of imidazole rings is 1. The fraction of sp³-hybridized carbons (Fsp3) is 0.421. The Morgan fingerprint density at radius 2 is 1.97 bits per heavy atom. The van der Waals surface area contributed by atoms with Crippen molar-refractivity contribution < 1.29 is 9.18 Å². The Balaban J connectivity index is 1.84. The van der Waals surface area contributed by atoms with E-state index < -0.39 is 0 Å². The van der Waals surface area contributed by atoms with Crippen LogP contribution in [-0.2, 0) is 0 Å². The van der Waals surface area contributed by atoms with Crippen molar-refractivity contribution in [2.24, 2.45) is 0 Å². The van der Waals surface area contributed by atoms with Crippen LogP contribution in [0.2, 0.25) is 0 Å². The van der Waals surface area contributed by atoms with Crippen molar-refractivity contribution in [1.29, 1.82) is 0 Å². The van der Waals surface area contributed by atoms with Crippen LogP contribution < -0.4 is 10.6 Å². The molecule has 0 atom stereocenters. The second-order valence-corrected chi connectivity index (χ2v) is 6.93. The molecule has 2 heterocycles. The highest BCUT2D eigenvalue weighted by Crippen LogP contribution is 2.28. The molecule has 156 valence electrons. The van der Waals surface area contributed by atoms with Crippen LogP contribution in [0.4, 0.5) is 20.6 Å². The summed E-state index contributed by atoms with van der Waals surface area (Å²) in [4.78, 5) is 23.7. The van der Waals surface area contributed by atoms with Crippen LogP contribution in [-0.4, -0.2) is 76.3 Å². The highest BCUT2D eigenvalue weighted by molar-refractivity contribution is 5.93. The second-order valence-electron chi connectivity index (χ2n) is 6.93. The van der Waals surface area contributed by atoms with Crippen molar-refractivity contribution in [3.8, 4) is 11.5 Å². The van der Waals surface area contributed by atoms with Crippen LogP contribution in [0.5, 0.6) is 0 Å². The lowest BCUT2D eigenvalue weighted by Crippen LogP contribution is -2.34. The van der Waals surface area contributed by atoms with Gasteiger partial charge in [-0.05, 0) is 34.0 Å². The van der Waals surface area contributed by atoms with Crippen molar-refractivity contribution in [1.82, 2.24) is 30.0 Å². The molecule has 29 heavy (non-hydrogen) atoms. The zero-order valence-corrected chi connectivity index (χ0v) is 17.1. The molecular formula is C19H27FN8O. The van der Waals surface area contributed by atoms with Gasteiger partial charge in [0.15, 0.2) is 5.82 Å². The SMILES string of the molecule is CCN(CC)C(=O)Nc1cn[nH]c1-c1nc2cc(NCCN(C)C)c(F)cc2[nH]1. The molecule has 2 amide bonds. The lowest BCUT2D eigenvalue weighted by molar-refractivity contribution is 0.217. The smallest absolute Gasteiger partial charge is 0.321 e. The molecule has 0 unspecified atom stereocenters. The van der Waals surface area contributed by atoms with E-state index in [4.69, 9.17) is 0 Å². The minimum atomic E-state index is -0.355. The lowest BCUT2D eigenvalue weighted by atomic mass is 10.2. The molecule has 2 aromatic heterocycles. The van der Waals surface area contributed by atoms with Crippen LogP contribution in [0.1, 0.15) is 13.8 Å². The van der Waals surface area contributed by atoms with Gasteiger partial charge in [0.2, 0.25) is 0 Å². The average Bonchev–Trinajstić information content (AvgIpc) is 3.28. The maximum absolute atomic E-state index is 14.4. The van der Waals surface area contributed by atoms with E-state index in [-0.39, 0.29) is 11.8 Å². The zero-order chi connectivity index (χ0) is 21.0. The number of aromatic amines is 2. The van der Waals surface area contributed by atoms with Crippen molar-refractivity contribution >= 4 is 28.4 Å². The highest BCUT2D eigenvalue weighted by Gasteiger charge is 2.17. The first-order valence-electron chi connectivity index (χ1n) is 9.60. The third kappa shape index (κ3) is 4.65. The summed E-state index contributed by atoms with van der Waals surface area (Å²) in [5, 5.41) is 12.8. The number of halogens is 1. The lowest BCUT2D eigenvalue weighted by Gasteiger charge is -2.18. The molecule has 3 aromatic rings. The average molecular weight is 402 g/mol. The van der Waals surface area contributed by atoms with E-state index in [0.717, 1.165) is 6.54 Å². The standard InChI is InChI=1S/C19H27FN8O/c1-5-28(6-2)19(29)25-16-11-22-26-17(16)18-23-14-9-12(20)13(10-15(14)24-18)21-7-8-27(3)4/h9-11,21H,5-8H2,1-4H3,(H,22,26)(H,23,24)(H,25,29). The number of carbonyl (C=O) groups is 1. The van der Waals surface area contributed by atoms with Gasteiger partial charge in [0, 0.05) is 32.2 Å². The molecule has 0 bridgehead atoms. The quantitative estimate of drug-likeness (QED) is 0.464. The number of anilines is 2. The van der Waals surface area contributed by atoms with Crippen LogP contribution in [0.15, 0.2) is 18.3 Å². The number of nitrogens with zero attached hydrogens (tertiary/aromatic N) is 4. The molecule has 0 radical (unpaired) electrons. The van der Waals surface area contributed by atoms with Gasteiger partial charge in [0.25, 0.3) is 0 Å². The third-order valence-electron chi connectivity index (χ3n) is 4.61. The van der Waals surface area contributed by atoms with Crippen LogP contribution in [0.3, 0.4) is 0 Å². The number of nitrogens with one attached hydrogen (secondary N) is 4. The van der Waals surface area contributed by atoms with E-state index in [1.165, 1.54) is 12.3 Å². The maximum atomic E-state index is 14.4. The normalized spacial score (nSPS) is 11.2. The number of fused-ring (bicyclic) bond motifs is 1. The third-order valence-corrected chi connectivity index (χ3v) is 4.61. The molecule has 1 aromatic carbocycles. The molecule has 0 saturated heterocycles. The summed E-state index contributed by atoms with van der Waals surface area (Å²) in [6, 6.07) is 2.87. The molecule has 0 aliphatic carbocycles. The number of amides is 2. The summed E-state index contributed by atoms with van der Waals surface area (Å²) < 4.78 is 14.4. The van der Waals surface area contributed by atoms with Gasteiger partial charge in [-0.15, -0.1) is 0 Å².